The minimum absolute atomic E-state index is 0.0131. The van der Waals surface area contributed by atoms with Crippen LogP contribution in [0.2, 0.25) is 0 Å². The highest BCUT2D eigenvalue weighted by atomic mass is 16.2. The van der Waals surface area contributed by atoms with Gasteiger partial charge in [0.1, 0.15) is 0 Å². The van der Waals surface area contributed by atoms with Crippen LogP contribution in [-0.2, 0) is 9.59 Å². The van der Waals surface area contributed by atoms with Crippen LogP contribution in [-0.4, -0.2) is 36.3 Å². The van der Waals surface area contributed by atoms with Crippen molar-refractivity contribution in [2.45, 2.75) is 12.8 Å². The van der Waals surface area contributed by atoms with E-state index in [-0.39, 0.29) is 17.7 Å². The van der Waals surface area contributed by atoms with Crippen LogP contribution >= 0.6 is 0 Å². The molecule has 4 heteroatoms. The average molecular weight is 270 g/mol. The van der Waals surface area contributed by atoms with Gasteiger partial charge in [-0.1, -0.05) is 36.4 Å². The molecule has 20 heavy (non-hydrogen) atoms. The summed E-state index contributed by atoms with van der Waals surface area (Å²) in [6, 6.07) is 10.3. The molecule has 0 bridgehead atoms. The maximum absolute atomic E-state index is 12.3. The quantitative estimate of drug-likeness (QED) is 0.884. The molecule has 4 nitrogen and oxygen atoms in total. The summed E-state index contributed by atoms with van der Waals surface area (Å²) >= 11 is 0. The predicted molar refractivity (Wildman–Crippen MR) is 76.7 cm³/mol. The van der Waals surface area contributed by atoms with Crippen LogP contribution in [0.5, 0.6) is 0 Å². The number of amides is 2. The third-order valence-electron chi connectivity index (χ3n) is 3.99. The van der Waals surface area contributed by atoms with Gasteiger partial charge < -0.3 is 10.2 Å². The highest BCUT2D eigenvalue weighted by molar-refractivity contribution is 5.89. The molecule has 1 N–H and O–H groups in total. The van der Waals surface area contributed by atoms with Gasteiger partial charge in [-0.15, -0.1) is 0 Å². The van der Waals surface area contributed by atoms with Gasteiger partial charge in [0.05, 0.1) is 5.92 Å². The van der Waals surface area contributed by atoms with E-state index in [1.165, 1.54) is 11.1 Å². The SMILES string of the molecule is O=C1CC(C(=O)N2CC=C(c3ccccc3)CC2)CN1. The fourth-order valence-electron chi connectivity index (χ4n) is 2.82. The predicted octanol–water partition coefficient (Wildman–Crippen LogP) is 1.44. The van der Waals surface area contributed by atoms with E-state index in [1.54, 1.807) is 0 Å². The zero-order chi connectivity index (χ0) is 13.9. The molecule has 2 aliphatic heterocycles. The molecule has 0 aromatic heterocycles. The zero-order valence-electron chi connectivity index (χ0n) is 11.3. The summed E-state index contributed by atoms with van der Waals surface area (Å²) in [5.41, 5.74) is 2.53. The average Bonchev–Trinajstić information content (AvgIpc) is 2.94. The summed E-state index contributed by atoms with van der Waals surface area (Å²) in [6.07, 6.45) is 3.34. The van der Waals surface area contributed by atoms with Gasteiger partial charge in [0.2, 0.25) is 11.8 Å². The van der Waals surface area contributed by atoms with Gasteiger partial charge in [0.25, 0.3) is 0 Å². The van der Waals surface area contributed by atoms with Crippen molar-refractivity contribution in [3.63, 3.8) is 0 Å². The minimum atomic E-state index is -0.172. The zero-order valence-corrected chi connectivity index (χ0v) is 11.3. The third-order valence-corrected chi connectivity index (χ3v) is 3.99. The second-order valence-electron chi connectivity index (χ2n) is 5.33. The van der Waals surface area contributed by atoms with Crippen molar-refractivity contribution >= 4 is 17.4 Å². The van der Waals surface area contributed by atoms with E-state index < -0.39 is 0 Å². The maximum atomic E-state index is 12.3. The Morgan fingerprint density at radius 1 is 1.25 bits per heavy atom. The first-order valence-electron chi connectivity index (χ1n) is 7.04. The van der Waals surface area contributed by atoms with Gasteiger partial charge in [-0.2, -0.15) is 0 Å². The Hall–Kier alpha value is -2.10. The topological polar surface area (TPSA) is 49.4 Å². The second-order valence-corrected chi connectivity index (χ2v) is 5.33. The van der Waals surface area contributed by atoms with Gasteiger partial charge in [0.15, 0.2) is 0 Å². The van der Waals surface area contributed by atoms with E-state index in [1.807, 2.05) is 23.1 Å². The first-order valence-corrected chi connectivity index (χ1v) is 7.04. The molecule has 1 atom stereocenters. The van der Waals surface area contributed by atoms with Crippen LogP contribution in [0.1, 0.15) is 18.4 Å². The summed E-state index contributed by atoms with van der Waals surface area (Å²) in [5, 5.41) is 2.72. The molecule has 3 rings (SSSR count). The van der Waals surface area contributed by atoms with Crippen LogP contribution in [0.15, 0.2) is 36.4 Å². The molecule has 1 saturated heterocycles. The number of carbonyl (C=O) groups is 2. The van der Waals surface area contributed by atoms with Crippen LogP contribution in [0.25, 0.3) is 5.57 Å². The Morgan fingerprint density at radius 2 is 2.05 bits per heavy atom. The van der Waals surface area contributed by atoms with Gasteiger partial charge in [0, 0.05) is 26.1 Å². The molecule has 2 amide bonds. The lowest BCUT2D eigenvalue weighted by atomic mass is 9.98. The Labute approximate surface area is 118 Å². The second kappa shape index (κ2) is 5.49. The molecule has 0 radical (unpaired) electrons. The normalized spacial score (nSPS) is 22.4. The van der Waals surface area contributed by atoms with E-state index >= 15 is 0 Å². The Morgan fingerprint density at radius 3 is 2.65 bits per heavy atom. The summed E-state index contributed by atoms with van der Waals surface area (Å²) in [7, 11) is 0. The molecule has 1 unspecified atom stereocenters. The van der Waals surface area contributed by atoms with E-state index in [4.69, 9.17) is 0 Å². The van der Waals surface area contributed by atoms with Crippen LogP contribution < -0.4 is 5.32 Å². The highest BCUT2D eigenvalue weighted by Gasteiger charge is 2.31. The molecular weight excluding hydrogens is 252 g/mol. The Bertz CT molecular complexity index is 551. The number of benzene rings is 1. The van der Waals surface area contributed by atoms with Crippen molar-refractivity contribution in [2.24, 2.45) is 5.92 Å². The van der Waals surface area contributed by atoms with E-state index in [0.717, 1.165) is 13.0 Å². The smallest absolute Gasteiger partial charge is 0.228 e. The summed E-state index contributed by atoms with van der Waals surface area (Å²) < 4.78 is 0. The number of rotatable bonds is 2. The van der Waals surface area contributed by atoms with Gasteiger partial charge >= 0.3 is 0 Å². The lowest BCUT2D eigenvalue weighted by Crippen LogP contribution is -2.39. The maximum Gasteiger partial charge on any atom is 0.228 e. The first-order chi connectivity index (χ1) is 9.74. The van der Waals surface area contributed by atoms with Gasteiger partial charge in [-0.25, -0.2) is 0 Å². The lowest BCUT2D eigenvalue weighted by Gasteiger charge is -2.28. The number of nitrogens with one attached hydrogen (secondary N) is 1. The summed E-state index contributed by atoms with van der Waals surface area (Å²) in [5.74, 6) is -0.0817. The van der Waals surface area contributed by atoms with E-state index in [0.29, 0.717) is 19.5 Å². The molecule has 2 heterocycles. The summed E-state index contributed by atoms with van der Waals surface area (Å²) in [4.78, 5) is 25.3. The van der Waals surface area contributed by atoms with Crippen molar-refractivity contribution in [1.29, 1.82) is 0 Å². The molecule has 1 aromatic rings. The number of hydrogen-bond donors (Lipinski definition) is 1. The number of carbonyl (C=O) groups excluding carboxylic acids is 2. The third kappa shape index (κ3) is 2.59. The lowest BCUT2D eigenvalue weighted by molar-refractivity contribution is -0.135. The molecule has 0 spiro atoms. The van der Waals surface area contributed by atoms with Crippen LogP contribution in [0.3, 0.4) is 0 Å². The minimum Gasteiger partial charge on any atom is -0.355 e. The largest absolute Gasteiger partial charge is 0.355 e. The molecular formula is C16H18N2O2. The summed E-state index contributed by atoms with van der Waals surface area (Å²) in [6.45, 7) is 1.88. The molecule has 104 valence electrons. The monoisotopic (exact) mass is 270 g/mol. The van der Waals surface area contributed by atoms with Crippen molar-refractivity contribution in [2.75, 3.05) is 19.6 Å². The van der Waals surface area contributed by atoms with Gasteiger partial charge in [-0.05, 0) is 17.6 Å². The molecule has 2 aliphatic rings. The van der Waals surface area contributed by atoms with Crippen molar-refractivity contribution in [3.05, 3.63) is 42.0 Å². The number of hydrogen-bond acceptors (Lipinski definition) is 2. The van der Waals surface area contributed by atoms with Crippen LogP contribution in [0.4, 0.5) is 0 Å². The van der Waals surface area contributed by atoms with Crippen molar-refractivity contribution in [1.82, 2.24) is 10.2 Å². The fourth-order valence-corrected chi connectivity index (χ4v) is 2.82. The van der Waals surface area contributed by atoms with E-state index in [9.17, 15) is 9.59 Å². The Kier molecular flexibility index (Phi) is 3.54. The number of nitrogens with zero attached hydrogens (tertiary/aromatic N) is 1. The molecule has 1 aromatic carbocycles. The van der Waals surface area contributed by atoms with Gasteiger partial charge in [-0.3, -0.25) is 9.59 Å². The van der Waals surface area contributed by atoms with Crippen molar-refractivity contribution in [3.8, 4) is 0 Å². The van der Waals surface area contributed by atoms with Crippen LogP contribution in [0, 0.1) is 5.92 Å². The standard InChI is InChI=1S/C16H18N2O2/c19-15-10-14(11-17-15)16(20)18-8-6-13(7-9-18)12-4-2-1-3-5-12/h1-6,14H,7-11H2,(H,17,19). The highest BCUT2D eigenvalue weighted by Crippen LogP contribution is 2.23. The fraction of sp³-hybridized carbons (Fsp3) is 0.375. The Balaban J connectivity index is 1.64. The van der Waals surface area contributed by atoms with E-state index in [2.05, 4.69) is 23.5 Å². The molecule has 0 saturated carbocycles. The first kappa shape index (κ1) is 12.9. The molecule has 0 aliphatic carbocycles. The molecule has 1 fully saturated rings. The van der Waals surface area contributed by atoms with Crippen molar-refractivity contribution < 1.29 is 9.59 Å².